The first-order valence-electron chi connectivity index (χ1n) is 9.26. The number of fused-ring (bicyclic) bond motifs is 5. The molecule has 0 radical (unpaired) electrons. The lowest BCUT2D eigenvalue weighted by Crippen LogP contribution is -2.41. The van der Waals surface area contributed by atoms with E-state index in [1.807, 2.05) is 82.3 Å². The van der Waals surface area contributed by atoms with E-state index in [1.54, 1.807) is 0 Å². The van der Waals surface area contributed by atoms with Gasteiger partial charge in [0.05, 0.1) is 22.2 Å². The van der Waals surface area contributed by atoms with Gasteiger partial charge < -0.3 is 9.31 Å². The van der Waals surface area contributed by atoms with Crippen molar-refractivity contribution in [2.24, 2.45) is 0 Å². The van der Waals surface area contributed by atoms with Crippen LogP contribution in [0.25, 0.3) is 32.6 Å². The molecule has 0 unspecified atom stereocenters. The highest BCUT2D eigenvalue weighted by molar-refractivity contribution is 6.62. The van der Waals surface area contributed by atoms with Crippen LogP contribution in [-0.2, 0) is 9.31 Å². The predicted octanol–water partition coefficient (Wildman–Crippen LogP) is 4.98. The fourth-order valence-corrected chi connectivity index (χ4v) is 3.89. The molecule has 0 aliphatic carbocycles. The molecular formula is C22H21BFNO2. The third kappa shape index (κ3) is 2.28. The van der Waals surface area contributed by atoms with Crippen LogP contribution in [0.2, 0.25) is 0 Å². The SMILES string of the molecule is CC1(C)OB(c2ccc3c(c2)c2c4ccccc4ccc2n3F)OC1(C)C. The van der Waals surface area contributed by atoms with E-state index in [0.717, 1.165) is 31.8 Å². The molecule has 0 amide bonds. The molecular weight excluding hydrogens is 340 g/mol. The molecule has 5 heteroatoms. The topological polar surface area (TPSA) is 23.4 Å². The summed E-state index contributed by atoms with van der Waals surface area (Å²) in [6.07, 6.45) is 0. The van der Waals surface area contributed by atoms with Gasteiger partial charge in [0.25, 0.3) is 0 Å². The molecule has 0 saturated carbocycles. The van der Waals surface area contributed by atoms with Gasteiger partial charge in [-0.2, -0.15) is 4.79 Å². The van der Waals surface area contributed by atoms with Crippen molar-refractivity contribution in [2.45, 2.75) is 38.9 Å². The van der Waals surface area contributed by atoms with Crippen molar-refractivity contribution in [3.63, 3.8) is 0 Å². The van der Waals surface area contributed by atoms with Gasteiger partial charge in [0.15, 0.2) is 0 Å². The highest BCUT2D eigenvalue weighted by atomic mass is 19.2. The maximum atomic E-state index is 15.0. The van der Waals surface area contributed by atoms with Crippen molar-refractivity contribution in [3.8, 4) is 0 Å². The quantitative estimate of drug-likeness (QED) is 0.447. The van der Waals surface area contributed by atoms with Gasteiger partial charge in [0.2, 0.25) is 0 Å². The first kappa shape index (κ1) is 16.8. The zero-order valence-corrected chi connectivity index (χ0v) is 15.9. The van der Waals surface area contributed by atoms with Crippen LogP contribution in [0.3, 0.4) is 0 Å². The maximum Gasteiger partial charge on any atom is 0.494 e. The van der Waals surface area contributed by atoms with Crippen LogP contribution in [-0.4, -0.2) is 23.1 Å². The third-order valence-corrected chi connectivity index (χ3v) is 6.15. The van der Waals surface area contributed by atoms with Crippen molar-refractivity contribution in [3.05, 3.63) is 54.6 Å². The highest BCUT2D eigenvalue weighted by Crippen LogP contribution is 2.38. The second kappa shape index (κ2) is 5.34. The van der Waals surface area contributed by atoms with Gasteiger partial charge in [-0.25, -0.2) is 0 Å². The summed E-state index contributed by atoms with van der Waals surface area (Å²) in [5.74, 6) is 0. The number of hydrogen-bond acceptors (Lipinski definition) is 2. The molecule has 1 aliphatic rings. The molecule has 1 fully saturated rings. The average molecular weight is 361 g/mol. The Hall–Kier alpha value is -2.37. The molecule has 0 atom stereocenters. The lowest BCUT2D eigenvalue weighted by molar-refractivity contribution is 0.00578. The molecule has 1 saturated heterocycles. The zero-order valence-electron chi connectivity index (χ0n) is 15.9. The van der Waals surface area contributed by atoms with Gasteiger partial charge in [-0.05, 0) is 56.1 Å². The Kier molecular flexibility index (Phi) is 3.32. The Labute approximate surface area is 157 Å². The summed E-state index contributed by atoms with van der Waals surface area (Å²) < 4.78 is 27.3. The molecule has 3 aromatic carbocycles. The van der Waals surface area contributed by atoms with Gasteiger partial charge in [-0.3, -0.25) is 0 Å². The second-order valence-electron chi connectivity index (χ2n) is 8.33. The third-order valence-electron chi connectivity index (χ3n) is 6.15. The summed E-state index contributed by atoms with van der Waals surface area (Å²) in [6.45, 7) is 8.14. The molecule has 4 aromatic rings. The lowest BCUT2D eigenvalue weighted by atomic mass is 9.78. The van der Waals surface area contributed by atoms with Crippen LogP contribution in [0.1, 0.15) is 27.7 Å². The van der Waals surface area contributed by atoms with Crippen molar-refractivity contribution >= 4 is 45.2 Å². The summed E-state index contributed by atoms with van der Waals surface area (Å²) in [6, 6.07) is 17.6. The summed E-state index contributed by atoms with van der Waals surface area (Å²) >= 11 is 0. The van der Waals surface area contributed by atoms with E-state index in [2.05, 4.69) is 0 Å². The Bertz CT molecular complexity index is 1200. The number of rotatable bonds is 1. The molecule has 3 nitrogen and oxygen atoms in total. The molecule has 0 N–H and O–H groups in total. The number of aromatic nitrogens is 1. The van der Waals surface area contributed by atoms with E-state index < -0.39 is 18.3 Å². The average Bonchev–Trinajstić information content (AvgIpc) is 3.05. The highest BCUT2D eigenvalue weighted by Gasteiger charge is 2.51. The fraction of sp³-hybridized carbons (Fsp3) is 0.273. The maximum absolute atomic E-state index is 15.0. The summed E-state index contributed by atoms with van der Waals surface area (Å²) in [5, 5.41) is 3.93. The van der Waals surface area contributed by atoms with Crippen LogP contribution in [0.15, 0.2) is 54.6 Å². The standard InChI is InChI=1S/C22H21BFNO2/c1-21(2)22(3,4)27-23(26-21)15-10-12-18-17(13-15)20-16-8-6-5-7-14(16)9-11-19(20)25(18)24/h5-13H,1-4H3. The Morgan fingerprint density at radius 3 is 2.22 bits per heavy atom. The first-order chi connectivity index (χ1) is 12.8. The van der Waals surface area contributed by atoms with Crippen LogP contribution in [0, 0.1) is 0 Å². The molecule has 0 spiro atoms. The van der Waals surface area contributed by atoms with E-state index in [4.69, 9.17) is 9.31 Å². The van der Waals surface area contributed by atoms with Crippen molar-refractivity contribution in [1.82, 2.24) is 4.79 Å². The summed E-state index contributed by atoms with van der Waals surface area (Å²) in [4.78, 5) is 0.769. The summed E-state index contributed by atoms with van der Waals surface area (Å²) in [5.41, 5.74) is 1.22. The predicted molar refractivity (Wildman–Crippen MR) is 109 cm³/mol. The van der Waals surface area contributed by atoms with Crippen LogP contribution < -0.4 is 5.46 Å². The van der Waals surface area contributed by atoms with Gasteiger partial charge >= 0.3 is 7.12 Å². The summed E-state index contributed by atoms with van der Waals surface area (Å²) in [7, 11) is -0.465. The van der Waals surface area contributed by atoms with Crippen LogP contribution in [0.5, 0.6) is 0 Å². The number of halogens is 1. The zero-order chi connectivity index (χ0) is 19.0. The van der Waals surface area contributed by atoms with Gasteiger partial charge in [-0.1, -0.05) is 46.9 Å². The molecule has 1 aromatic heterocycles. The van der Waals surface area contributed by atoms with Crippen molar-refractivity contribution in [1.29, 1.82) is 0 Å². The first-order valence-corrected chi connectivity index (χ1v) is 9.26. The Morgan fingerprint density at radius 1 is 0.815 bits per heavy atom. The molecule has 27 heavy (non-hydrogen) atoms. The van der Waals surface area contributed by atoms with Crippen molar-refractivity contribution in [2.75, 3.05) is 0 Å². The van der Waals surface area contributed by atoms with Crippen LogP contribution >= 0.6 is 0 Å². The van der Waals surface area contributed by atoms with Gasteiger partial charge in [0.1, 0.15) is 0 Å². The lowest BCUT2D eigenvalue weighted by Gasteiger charge is -2.32. The Morgan fingerprint density at radius 2 is 1.48 bits per heavy atom. The number of hydrogen-bond donors (Lipinski definition) is 0. The second-order valence-corrected chi connectivity index (χ2v) is 8.33. The minimum absolute atomic E-state index is 0.409. The van der Waals surface area contributed by atoms with Gasteiger partial charge in [0, 0.05) is 10.8 Å². The number of benzene rings is 3. The molecule has 2 heterocycles. The largest absolute Gasteiger partial charge is 0.494 e. The van der Waals surface area contributed by atoms with Gasteiger partial charge in [-0.15, -0.1) is 0 Å². The van der Waals surface area contributed by atoms with E-state index in [-0.39, 0.29) is 0 Å². The van der Waals surface area contributed by atoms with Crippen molar-refractivity contribution < 1.29 is 13.8 Å². The minimum atomic E-state index is -0.465. The normalized spacial score (nSPS) is 18.8. The van der Waals surface area contributed by atoms with Crippen LogP contribution in [0.4, 0.5) is 4.48 Å². The van der Waals surface area contributed by atoms with E-state index in [0.29, 0.717) is 11.0 Å². The van der Waals surface area contributed by atoms with E-state index in [1.165, 1.54) is 0 Å². The molecule has 5 rings (SSSR count). The minimum Gasteiger partial charge on any atom is -0.399 e. The molecule has 136 valence electrons. The smallest absolute Gasteiger partial charge is 0.399 e. The Balaban J connectivity index is 1.76. The van der Waals surface area contributed by atoms with E-state index in [9.17, 15) is 4.48 Å². The van der Waals surface area contributed by atoms with E-state index >= 15 is 0 Å². The number of nitrogens with zero attached hydrogens (tertiary/aromatic N) is 1. The monoisotopic (exact) mass is 361 g/mol. The fourth-order valence-electron chi connectivity index (χ4n) is 3.89. The molecule has 0 bridgehead atoms. The molecule has 1 aliphatic heterocycles.